The number of furan rings is 1. The molecule has 1 aromatic heterocycles. The Bertz CT molecular complexity index is 1180. The molecule has 1 amide bonds. The van der Waals surface area contributed by atoms with Crippen LogP contribution in [-0.4, -0.2) is 25.3 Å². The van der Waals surface area contributed by atoms with Crippen molar-refractivity contribution in [3.05, 3.63) is 70.4 Å². The Hall–Kier alpha value is -3.57. The zero-order valence-electron chi connectivity index (χ0n) is 16.9. The minimum Gasteiger partial charge on any atom is -0.490 e. The Kier molecular flexibility index (Phi) is 7.46. The summed E-state index contributed by atoms with van der Waals surface area (Å²) >= 11 is 3.39. The molecule has 0 aliphatic rings. The highest BCUT2D eigenvalue weighted by atomic mass is 79.9. The summed E-state index contributed by atoms with van der Waals surface area (Å²) in [5, 5.41) is 13.7. The van der Waals surface area contributed by atoms with Crippen molar-refractivity contribution < 1.29 is 18.7 Å². The van der Waals surface area contributed by atoms with Crippen molar-refractivity contribution in [2.24, 2.45) is 5.10 Å². The number of nitriles is 1. The first kappa shape index (κ1) is 22.1. The number of carbonyl (C=O) groups is 1. The molecule has 0 aliphatic heterocycles. The maximum atomic E-state index is 12.4. The Labute approximate surface area is 188 Å². The van der Waals surface area contributed by atoms with Crippen LogP contribution in [0.3, 0.4) is 0 Å². The zero-order chi connectivity index (χ0) is 22.2. The molecule has 0 unspecified atom stereocenters. The van der Waals surface area contributed by atoms with E-state index in [1.54, 1.807) is 24.3 Å². The topological polar surface area (TPSA) is 96.8 Å². The van der Waals surface area contributed by atoms with E-state index in [-0.39, 0.29) is 12.4 Å². The third kappa shape index (κ3) is 5.53. The molecule has 8 heteroatoms. The summed E-state index contributed by atoms with van der Waals surface area (Å²) in [6.07, 6.45) is 3.75. The van der Waals surface area contributed by atoms with Crippen LogP contribution in [0.25, 0.3) is 11.0 Å². The maximum absolute atomic E-state index is 12.4. The molecule has 1 heterocycles. The molecule has 7 nitrogen and oxygen atoms in total. The van der Waals surface area contributed by atoms with Gasteiger partial charge in [-0.3, -0.25) is 4.79 Å². The zero-order valence-corrected chi connectivity index (χ0v) is 18.4. The lowest BCUT2D eigenvalue weighted by molar-refractivity contribution is 0.0929. The summed E-state index contributed by atoms with van der Waals surface area (Å²) in [5.41, 5.74) is 4.57. The van der Waals surface area contributed by atoms with Crippen molar-refractivity contribution in [1.29, 1.82) is 5.26 Å². The van der Waals surface area contributed by atoms with Crippen molar-refractivity contribution in [2.45, 2.75) is 13.3 Å². The molecule has 0 fully saturated rings. The monoisotopic (exact) mass is 481 g/mol. The van der Waals surface area contributed by atoms with E-state index in [9.17, 15) is 4.79 Å². The SMILES string of the molecule is C=CCc1cc(/C=N/NC(=O)c2cc3cc(Br)ccc3o2)cc(OCC)c1OCC#N. The van der Waals surface area contributed by atoms with E-state index in [1.165, 1.54) is 6.21 Å². The van der Waals surface area contributed by atoms with Crippen LogP contribution in [0.4, 0.5) is 0 Å². The van der Waals surface area contributed by atoms with Crippen molar-refractivity contribution >= 4 is 39.0 Å². The van der Waals surface area contributed by atoms with Gasteiger partial charge in [0.1, 0.15) is 11.7 Å². The van der Waals surface area contributed by atoms with Crippen LogP contribution >= 0.6 is 15.9 Å². The van der Waals surface area contributed by atoms with Crippen LogP contribution < -0.4 is 14.9 Å². The molecular weight excluding hydrogens is 462 g/mol. The first-order valence-corrected chi connectivity index (χ1v) is 10.3. The van der Waals surface area contributed by atoms with Gasteiger partial charge in [0, 0.05) is 15.4 Å². The molecule has 3 aromatic rings. The number of carbonyl (C=O) groups excluding carboxylic acids is 1. The molecule has 31 heavy (non-hydrogen) atoms. The van der Waals surface area contributed by atoms with Crippen LogP contribution in [-0.2, 0) is 6.42 Å². The smallest absolute Gasteiger partial charge is 0.307 e. The van der Waals surface area contributed by atoms with Gasteiger partial charge in [-0.2, -0.15) is 10.4 Å². The van der Waals surface area contributed by atoms with Gasteiger partial charge in [-0.05, 0) is 55.3 Å². The minimum atomic E-state index is -0.464. The summed E-state index contributed by atoms with van der Waals surface area (Å²) in [7, 11) is 0. The van der Waals surface area contributed by atoms with E-state index in [0.717, 1.165) is 15.4 Å². The van der Waals surface area contributed by atoms with Gasteiger partial charge in [-0.25, -0.2) is 5.43 Å². The lowest BCUT2D eigenvalue weighted by atomic mass is 10.1. The quantitative estimate of drug-likeness (QED) is 0.263. The number of hydrazone groups is 1. The molecule has 0 atom stereocenters. The third-order valence-corrected chi connectivity index (χ3v) is 4.67. The number of allylic oxidation sites excluding steroid dienone is 1. The van der Waals surface area contributed by atoms with E-state index in [1.807, 2.05) is 31.2 Å². The fourth-order valence-electron chi connectivity index (χ4n) is 2.94. The van der Waals surface area contributed by atoms with Crippen LogP contribution in [0.2, 0.25) is 0 Å². The predicted molar refractivity (Wildman–Crippen MR) is 122 cm³/mol. The number of amides is 1. The number of nitrogens with one attached hydrogen (secondary N) is 1. The summed E-state index contributed by atoms with van der Waals surface area (Å²) in [4.78, 5) is 12.4. The highest BCUT2D eigenvalue weighted by Crippen LogP contribution is 2.33. The fraction of sp³-hybridized carbons (Fsp3) is 0.174. The number of nitrogens with zero attached hydrogens (tertiary/aromatic N) is 2. The number of fused-ring (bicyclic) bond motifs is 1. The van der Waals surface area contributed by atoms with Gasteiger partial charge in [-0.15, -0.1) is 6.58 Å². The first-order chi connectivity index (χ1) is 15.0. The molecule has 0 aliphatic carbocycles. The molecule has 0 spiro atoms. The van der Waals surface area contributed by atoms with Gasteiger partial charge in [0.15, 0.2) is 23.9 Å². The van der Waals surface area contributed by atoms with Crippen LogP contribution in [0.1, 0.15) is 28.6 Å². The average molecular weight is 482 g/mol. The van der Waals surface area contributed by atoms with Gasteiger partial charge in [-0.1, -0.05) is 22.0 Å². The van der Waals surface area contributed by atoms with Crippen molar-refractivity contribution in [1.82, 2.24) is 5.43 Å². The first-order valence-electron chi connectivity index (χ1n) is 9.48. The largest absolute Gasteiger partial charge is 0.490 e. The lowest BCUT2D eigenvalue weighted by Crippen LogP contribution is -2.16. The minimum absolute atomic E-state index is 0.0955. The van der Waals surface area contributed by atoms with Gasteiger partial charge in [0.2, 0.25) is 0 Å². The summed E-state index contributed by atoms with van der Waals surface area (Å²) in [5.74, 6) is 0.687. The number of ether oxygens (including phenoxy) is 2. The summed E-state index contributed by atoms with van der Waals surface area (Å²) in [6.45, 7) is 5.95. The predicted octanol–water partition coefficient (Wildman–Crippen LogP) is 4.99. The molecule has 0 bridgehead atoms. The molecule has 3 rings (SSSR count). The second-order valence-electron chi connectivity index (χ2n) is 6.37. The Morgan fingerprint density at radius 1 is 1.32 bits per heavy atom. The second-order valence-corrected chi connectivity index (χ2v) is 7.29. The highest BCUT2D eigenvalue weighted by Gasteiger charge is 2.14. The molecule has 0 saturated carbocycles. The van der Waals surface area contributed by atoms with Gasteiger partial charge in [0.05, 0.1) is 12.8 Å². The molecule has 1 N–H and O–H groups in total. The van der Waals surface area contributed by atoms with Crippen LogP contribution in [0, 0.1) is 11.3 Å². The number of rotatable bonds is 9. The van der Waals surface area contributed by atoms with E-state index in [0.29, 0.717) is 35.7 Å². The second kappa shape index (κ2) is 10.5. The number of hydrogen-bond donors (Lipinski definition) is 1. The Morgan fingerprint density at radius 2 is 2.16 bits per heavy atom. The fourth-order valence-corrected chi connectivity index (χ4v) is 3.32. The number of hydrogen-bond acceptors (Lipinski definition) is 6. The summed E-state index contributed by atoms with van der Waals surface area (Å²) in [6, 6.07) is 12.7. The van der Waals surface area contributed by atoms with E-state index in [2.05, 4.69) is 33.0 Å². The molecular formula is C23H20BrN3O4. The average Bonchev–Trinajstić information content (AvgIpc) is 3.17. The van der Waals surface area contributed by atoms with Crippen molar-refractivity contribution in [2.75, 3.05) is 13.2 Å². The molecule has 0 radical (unpaired) electrons. The normalized spacial score (nSPS) is 10.7. The van der Waals surface area contributed by atoms with Crippen LogP contribution in [0.15, 0.2) is 63.0 Å². The Balaban J connectivity index is 1.80. The van der Waals surface area contributed by atoms with E-state index in [4.69, 9.17) is 19.2 Å². The summed E-state index contributed by atoms with van der Waals surface area (Å²) < 4.78 is 17.7. The van der Waals surface area contributed by atoms with Crippen molar-refractivity contribution in [3.8, 4) is 17.6 Å². The third-order valence-electron chi connectivity index (χ3n) is 4.18. The van der Waals surface area contributed by atoms with Gasteiger partial charge in [0.25, 0.3) is 0 Å². The number of halogens is 1. The lowest BCUT2D eigenvalue weighted by Gasteiger charge is -2.15. The molecule has 158 valence electrons. The Morgan fingerprint density at radius 3 is 2.90 bits per heavy atom. The van der Waals surface area contributed by atoms with E-state index >= 15 is 0 Å². The standard InChI is InChI=1S/C23H20BrN3O4/c1-3-5-16-10-15(11-20(29-4-2)22(16)30-9-8-25)14-26-27-23(28)21-13-17-12-18(24)6-7-19(17)31-21/h3,6-7,10-14H,1,4-5,9H2,2H3,(H,27,28)/b26-14+. The maximum Gasteiger partial charge on any atom is 0.307 e. The highest BCUT2D eigenvalue weighted by molar-refractivity contribution is 9.10. The van der Waals surface area contributed by atoms with E-state index < -0.39 is 5.91 Å². The van der Waals surface area contributed by atoms with Gasteiger partial charge < -0.3 is 13.9 Å². The van der Waals surface area contributed by atoms with Gasteiger partial charge >= 0.3 is 5.91 Å². The number of benzene rings is 2. The molecule has 0 saturated heterocycles. The molecule has 2 aromatic carbocycles. The van der Waals surface area contributed by atoms with Crippen molar-refractivity contribution in [3.63, 3.8) is 0 Å². The van der Waals surface area contributed by atoms with Crippen LogP contribution in [0.5, 0.6) is 11.5 Å².